The zero-order valence-corrected chi connectivity index (χ0v) is 30.4. The fraction of sp³-hybridized carbons (Fsp3) is 0.325. The van der Waals surface area contributed by atoms with Gasteiger partial charge in [-0.1, -0.05) is 60.7 Å². The average Bonchev–Trinajstić information content (AvgIpc) is 3.14. The first-order chi connectivity index (χ1) is 25.6. The first kappa shape index (κ1) is 38.1. The second kappa shape index (κ2) is 17.4. The van der Waals surface area contributed by atoms with Crippen LogP contribution in [0.15, 0.2) is 77.8 Å². The van der Waals surface area contributed by atoms with E-state index in [0.717, 1.165) is 38.2 Å². The van der Waals surface area contributed by atoms with Crippen molar-refractivity contribution >= 4 is 51.2 Å². The number of nitrogens with zero attached hydrogens (tertiary/aromatic N) is 1. The third-order valence-electron chi connectivity index (χ3n) is 9.19. The number of nitrogens with one attached hydrogen (secondary N) is 3. The number of amides is 3. The third kappa shape index (κ3) is 8.86. The van der Waals surface area contributed by atoms with Crippen LogP contribution in [-0.2, 0) is 36.8 Å². The van der Waals surface area contributed by atoms with E-state index in [1.54, 1.807) is 20.3 Å². The van der Waals surface area contributed by atoms with Crippen LogP contribution in [0.5, 0.6) is 11.5 Å². The van der Waals surface area contributed by atoms with Gasteiger partial charge in [0, 0.05) is 31.0 Å². The quantitative estimate of drug-likeness (QED) is 0.0595. The molecule has 4 aromatic carbocycles. The fourth-order valence-corrected chi connectivity index (χ4v) is 6.83. The molecular weight excluding hydrogens is 676 g/mol. The van der Waals surface area contributed by atoms with E-state index in [9.17, 15) is 19.2 Å². The predicted octanol–water partition coefficient (Wildman–Crippen LogP) is 3.42. The van der Waals surface area contributed by atoms with Crippen LogP contribution in [0.1, 0.15) is 37.3 Å². The van der Waals surface area contributed by atoms with E-state index in [2.05, 4.69) is 27.0 Å². The van der Waals surface area contributed by atoms with Crippen molar-refractivity contribution in [1.29, 1.82) is 0 Å². The molecule has 13 nitrogen and oxygen atoms in total. The Balaban J connectivity index is 1.75. The van der Waals surface area contributed by atoms with Gasteiger partial charge in [-0.25, -0.2) is 4.79 Å². The van der Waals surface area contributed by atoms with E-state index in [4.69, 9.17) is 25.7 Å². The van der Waals surface area contributed by atoms with Crippen molar-refractivity contribution in [2.45, 2.75) is 57.2 Å². The molecule has 3 amide bonds. The normalized spacial score (nSPS) is 17.8. The molecule has 0 spiro atoms. The molecule has 7 N–H and O–H groups in total. The largest absolute Gasteiger partial charge is 0.496 e. The smallest absolute Gasteiger partial charge is 0.328 e. The number of esters is 1. The van der Waals surface area contributed by atoms with Gasteiger partial charge in [0.2, 0.25) is 17.7 Å². The zero-order valence-electron chi connectivity index (χ0n) is 30.4. The summed E-state index contributed by atoms with van der Waals surface area (Å²) in [6.07, 6.45) is 4.76. The zero-order chi connectivity index (χ0) is 38.1. The Hall–Kier alpha value is -6.11. The maximum absolute atomic E-state index is 14.2. The highest BCUT2D eigenvalue weighted by atomic mass is 16.5. The average molecular weight is 723 g/mol. The van der Waals surface area contributed by atoms with E-state index in [1.807, 2.05) is 60.7 Å². The van der Waals surface area contributed by atoms with Gasteiger partial charge in [0.1, 0.15) is 29.6 Å². The van der Waals surface area contributed by atoms with Crippen molar-refractivity contribution in [2.75, 3.05) is 27.9 Å². The monoisotopic (exact) mass is 722 g/mol. The molecular formula is C40H46N6O7. The molecule has 0 saturated heterocycles. The molecule has 0 radical (unpaired) electrons. The number of benzene rings is 4. The molecule has 1 heterocycles. The third-order valence-corrected chi connectivity index (χ3v) is 9.19. The van der Waals surface area contributed by atoms with Crippen LogP contribution in [0.4, 0.5) is 0 Å². The molecule has 1 aliphatic heterocycles. The SMILES string of the molecule is COC(=O)[C@@H]1CC=CCc2cc3ccccc3c(c2OC)-c2c(OC)c(cc3ccccc23)CC(NC(C)=O)C(=O)N[C@H](CCCN=C(N)N)C(=O)N1. The summed E-state index contributed by atoms with van der Waals surface area (Å²) in [5.41, 5.74) is 14.1. The van der Waals surface area contributed by atoms with E-state index in [1.165, 1.54) is 14.0 Å². The molecule has 5 rings (SSSR count). The van der Waals surface area contributed by atoms with Crippen LogP contribution in [-0.4, -0.2) is 75.7 Å². The van der Waals surface area contributed by atoms with Gasteiger partial charge in [-0.05, 0) is 70.5 Å². The van der Waals surface area contributed by atoms with Crippen molar-refractivity contribution in [3.8, 4) is 22.6 Å². The molecule has 4 aromatic rings. The summed E-state index contributed by atoms with van der Waals surface area (Å²) in [5.74, 6) is -1.28. The van der Waals surface area contributed by atoms with Gasteiger partial charge >= 0.3 is 5.97 Å². The van der Waals surface area contributed by atoms with Gasteiger partial charge in [-0.3, -0.25) is 19.4 Å². The number of allylic oxidation sites excluding steroid dienone is 1. The summed E-state index contributed by atoms with van der Waals surface area (Å²) in [4.78, 5) is 57.4. The van der Waals surface area contributed by atoms with E-state index < -0.39 is 41.8 Å². The molecule has 1 unspecified atom stereocenters. The van der Waals surface area contributed by atoms with E-state index >= 15 is 0 Å². The van der Waals surface area contributed by atoms with Gasteiger partial charge in [0.15, 0.2) is 5.96 Å². The lowest BCUT2D eigenvalue weighted by molar-refractivity contribution is -0.145. The number of carbonyl (C=O) groups excluding carboxylic acids is 4. The minimum atomic E-state index is -1.12. The van der Waals surface area contributed by atoms with E-state index in [0.29, 0.717) is 29.9 Å². The number of guanidine groups is 1. The summed E-state index contributed by atoms with van der Waals surface area (Å²) >= 11 is 0. The molecule has 53 heavy (non-hydrogen) atoms. The number of fused-ring (bicyclic) bond motifs is 9. The predicted molar refractivity (Wildman–Crippen MR) is 205 cm³/mol. The minimum absolute atomic E-state index is 0.0161. The summed E-state index contributed by atoms with van der Waals surface area (Å²) in [7, 11) is 4.44. The Kier molecular flexibility index (Phi) is 12.5. The summed E-state index contributed by atoms with van der Waals surface area (Å²) in [6, 6.07) is 16.6. The molecule has 13 heteroatoms. The Labute approximate surface area is 308 Å². The number of hydrogen-bond donors (Lipinski definition) is 5. The topological polar surface area (TPSA) is 196 Å². The second-order valence-corrected chi connectivity index (χ2v) is 12.8. The summed E-state index contributed by atoms with van der Waals surface area (Å²) in [5, 5.41) is 12.0. The van der Waals surface area contributed by atoms with Gasteiger partial charge in [-0.2, -0.15) is 0 Å². The van der Waals surface area contributed by atoms with E-state index in [-0.39, 0.29) is 31.8 Å². The van der Waals surface area contributed by atoms with Crippen molar-refractivity contribution in [1.82, 2.24) is 16.0 Å². The van der Waals surface area contributed by atoms with Crippen LogP contribution in [0.25, 0.3) is 32.7 Å². The Bertz CT molecular complexity index is 2070. The van der Waals surface area contributed by atoms with Gasteiger partial charge in [0.05, 0.1) is 21.3 Å². The number of nitrogens with two attached hydrogens (primary N) is 2. The second-order valence-electron chi connectivity index (χ2n) is 12.8. The molecule has 4 bridgehead atoms. The number of ether oxygens (including phenoxy) is 3. The molecule has 3 atom stereocenters. The van der Waals surface area contributed by atoms with Crippen LogP contribution in [0.2, 0.25) is 0 Å². The summed E-state index contributed by atoms with van der Waals surface area (Å²) in [6.45, 7) is 1.52. The molecule has 278 valence electrons. The molecule has 0 fully saturated rings. The maximum Gasteiger partial charge on any atom is 0.328 e. The van der Waals surface area contributed by atoms with Crippen molar-refractivity contribution < 1.29 is 33.4 Å². The lowest BCUT2D eigenvalue weighted by Gasteiger charge is -2.26. The van der Waals surface area contributed by atoms with Crippen LogP contribution < -0.4 is 36.9 Å². The highest BCUT2D eigenvalue weighted by molar-refractivity contribution is 6.11. The Morgan fingerprint density at radius 1 is 0.849 bits per heavy atom. The van der Waals surface area contributed by atoms with Gasteiger partial charge in [0.25, 0.3) is 0 Å². The first-order valence-electron chi connectivity index (χ1n) is 17.4. The number of aliphatic imine (C=N–C) groups is 1. The minimum Gasteiger partial charge on any atom is -0.496 e. The number of hydrogen-bond acceptors (Lipinski definition) is 8. The molecule has 0 aromatic heterocycles. The standard InChI is InChI=1S/C40H46N6O7/c1-23(47)44-32-22-27-21-25-13-6-9-16-29(25)34(36(27)52-3)33-28-15-8-5-12-24(28)20-26(35(33)51-2)14-7-10-17-31(39(50)53-4)46-37(48)30(45-38(32)49)18-11-19-43-40(41)42/h5-10,12-13,15-16,20-21,30-32H,11,14,17-19,22H2,1-4H3,(H,44,47)(H,45,49)(H,46,48)(H4,41,42,43)/t30-,31+,32?/m1/s1. The first-order valence-corrected chi connectivity index (χ1v) is 17.4. The van der Waals surface area contributed by atoms with Crippen LogP contribution in [0.3, 0.4) is 0 Å². The summed E-state index contributed by atoms with van der Waals surface area (Å²) < 4.78 is 17.4. The van der Waals surface area contributed by atoms with Gasteiger partial charge < -0.3 is 41.6 Å². The Morgan fingerprint density at radius 2 is 1.45 bits per heavy atom. The molecule has 0 aliphatic carbocycles. The van der Waals surface area contributed by atoms with Crippen molar-refractivity contribution in [3.63, 3.8) is 0 Å². The van der Waals surface area contributed by atoms with Gasteiger partial charge in [-0.15, -0.1) is 0 Å². The maximum atomic E-state index is 14.2. The molecule has 0 saturated carbocycles. The molecule has 1 aliphatic rings. The van der Waals surface area contributed by atoms with Crippen LogP contribution >= 0.6 is 0 Å². The Morgan fingerprint density at radius 3 is 2.04 bits per heavy atom. The highest BCUT2D eigenvalue weighted by Crippen LogP contribution is 2.48. The number of methoxy groups -OCH3 is 3. The fourth-order valence-electron chi connectivity index (χ4n) is 6.83. The van der Waals surface area contributed by atoms with Crippen molar-refractivity contribution in [3.05, 3.63) is 83.9 Å². The number of rotatable bonds is 8. The highest BCUT2D eigenvalue weighted by Gasteiger charge is 2.31. The number of carbonyl (C=O) groups is 4. The van der Waals surface area contributed by atoms with Crippen LogP contribution in [0, 0.1) is 0 Å². The van der Waals surface area contributed by atoms with Crippen molar-refractivity contribution in [2.24, 2.45) is 16.5 Å². The lowest BCUT2D eigenvalue weighted by atomic mass is 9.87. The lowest BCUT2D eigenvalue weighted by Crippen LogP contribution is -2.56.